The van der Waals surface area contributed by atoms with E-state index < -0.39 is 0 Å². The van der Waals surface area contributed by atoms with Gasteiger partial charge in [0.25, 0.3) is 0 Å². The Morgan fingerprint density at radius 3 is 2.36 bits per heavy atom. The number of allylic oxidation sites excluding steroid dienone is 1. The topological polar surface area (TPSA) is 44.6 Å². The number of rotatable bonds is 2. The zero-order chi connectivity index (χ0) is 17.2. The van der Waals surface area contributed by atoms with Crippen molar-refractivity contribution in [2.24, 2.45) is 4.99 Å². The molecule has 0 atom stereocenters. The molecule has 2 N–H and O–H groups in total. The number of anilines is 1. The molecule has 1 aliphatic rings. The highest BCUT2D eigenvalue weighted by molar-refractivity contribution is 6.30. The van der Waals surface area contributed by atoms with E-state index >= 15 is 0 Å². The average Bonchev–Trinajstić information content (AvgIpc) is 2.82. The highest BCUT2D eigenvalue weighted by Gasteiger charge is 2.15. The van der Waals surface area contributed by atoms with Gasteiger partial charge < -0.3 is 10.4 Å². The van der Waals surface area contributed by atoms with Gasteiger partial charge >= 0.3 is 0 Å². The summed E-state index contributed by atoms with van der Waals surface area (Å²) in [5, 5.41) is 14.3. The second-order valence-corrected chi connectivity index (χ2v) is 6.16. The molecule has 0 amide bonds. The molecule has 0 spiro atoms. The summed E-state index contributed by atoms with van der Waals surface area (Å²) in [7, 11) is 0. The van der Waals surface area contributed by atoms with Crippen molar-refractivity contribution < 1.29 is 5.11 Å². The van der Waals surface area contributed by atoms with E-state index in [4.69, 9.17) is 16.6 Å². The minimum absolute atomic E-state index is 0.219. The average molecular weight is 347 g/mol. The van der Waals surface area contributed by atoms with Gasteiger partial charge in [-0.05, 0) is 42.5 Å². The van der Waals surface area contributed by atoms with Crippen LogP contribution in [0.25, 0.3) is 5.70 Å². The van der Waals surface area contributed by atoms with Gasteiger partial charge in [-0.2, -0.15) is 0 Å². The molecule has 0 bridgehead atoms. The maximum atomic E-state index is 10.3. The molecule has 3 aromatic rings. The normalized spacial score (nSPS) is 13.2. The lowest BCUT2D eigenvalue weighted by Gasteiger charge is -2.12. The van der Waals surface area contributed by atoms with Gasteiger partial charge in [0.05, 0.1) is 22.8 Å². The molecular formula is C21H15ClN2O. The van der Waals surface area contributed by atoms with Crippen LogP contribution in [0, 0.1) is 0 Å². The molecule has 0 radical (unpaired) electrons. The van der Waals surface area contributed by atoms with E-state index in [0.717, 1.165) is 33.9 Å². The van der Waals surface area contributed by atoms with Crippen LogP contribution in [-0.4, -0.2) is 10.8 Å². The smallest absolute Gasteiger partial charge is 0.124 e. The molecule has 0 saturated heterocycles. The highest BCUT2D eigenvalue weighted by atomic mass is 35.5. The number of nitrogens with one attached hydrogen (secondary N) is 1. The van der Waals surface area contributed by atoms with Crippen molar-refractivity contribution in [2.75, 3.05) is 5.32 Å². The summed E-state index contributed by atoms with van der Waals surface area (Å²) in [6, 6.07) is 22.7. The molecule has 0 aromatic heterocycles. The Labute approximate surface area is 150 Å². The van der Waals surface area contributed by atoms with Gasteiger partial charge in [-0.3, -0.25) is 0 Å². The van der Waals surface area contributed by atoms with E-state index in [-0.39, 0.29) is 5.75 Å². The third-order valence-electron chi connectivity index (χ3n) is 4.03. The van der Waals surface area contributed by atoms with Crippen LogP contribution in [0.5, 0.6) is 5.75 Å². The Balaban J connectivity index is 1.90. The lowest BCUT2D eigenvalue weighted by atomic mass is 10.1. The number of hydrogen-bond donors (Lipinski definition) is 2. The zero-order valence-corrected chi connectivity index (χ0v) is 14.0. The van der Waals surface area contributed by atoms with Gasteiger partial charge in [0, 0.05) is 16.1 Å². The fourth-order valence-corrected chi connectivity index (χ4v) is 2.90. The summed E-state index contributed by atoms with van der Waals surface area (Å²) >= 11 is 6.01. The summed E-state index contributed by atoms with van der Waals surface area (Å²) in [5.41, 5.74) is 5.00. The van der Waals surface area contributed by atoms with Crippen molar-refractivity contribution in [1.29, 1.82) is 0 Å². The predicted octanol–water partition coefficient (Wildman–Crippen LogP) is 5.63. The van der Waals surface area contributed by atoms with E-state index in [9.17, 15) is 5.11 Å². The number of phenolic OH excluding ortho intramolecular Hbond substituents is 1. The Hall–Kier alpha value is -3.04. The van der Waals surface area contributed by atoms with Crippen molar-refractivity contribution in [2.45, 2.75) is 0 Å². The van der Waals surface area contributed by atoms with Gasteiger partial charge in [-0.25, -0.2) is 4.99 Å². The summed E-state index contributed by atoms with van der Waals surface area (Å²) in [6.45, 7) is 0. The first-order valence-corrected chi connectivity index (χ1v) is 8.29. The Bertz CT molecular complexity index is 991. The first-order valence-electron chi connectivity index (χ1n) is 7.91. The maximum Gasteiger partial charge on any atom is 0.124 e. The maximum absolute atomic E-state index is 10.3. The Morgan fingerprint density at radius 1 is 0.840 bits per heavy atom. The van der Waals surface area contributed by atoms with Gasteiger partial charge in [0.15, 0.2) is 0 Å². The zero-order valence-electron chi connectivity index (χ0n) is 13.3. The molecular weight excluding hydrogens is 332 g/mol. The Kier molecular flexibility index (Phi) is 4.00. The van der Waals surface area contributed by atoms with E-state index in [1.54, 1.807) is 12.1 Å². The van der Waals surface area contributed by atoms with Crippen molar-refractivity contribution in [3.05, 3.63) is 95.0 Å². The molecule has 4 rings (SSSR count). The summed E-state index contributed by atoms with van der Waals surface area (Å²) in [5.74, 6) is 0.219. The molecule has 25 heavy (non-hydrogen) atoms. The fraction of sp³-hybridized carbons (Fsp3) is 0. The number of halogens is 1. The molecule has 0 fully saturated rings. The number of nitrogens with zero attached hydrogens (tertiary/aromatic N) is 1. The third kappa shape index (κ3) is 3.14. The van der Waals surface area contributed by atoms with Crippen LogP contribution in [0.15, 0.2) is 83.9 Å². The first kappa shape index (κ1) is 15.5. The van der Waals surface area contributed by atoms with Crippen LogP contribution in [0.2, 0.25) is 5.02 Å². The van der Waals surface area contributed by atoms with E-state index in [1.165, 1.54) is 0 Å². The quantitative estimate of drug-likeness (QED) is 0.631. The molecule has 1 heterocycles. The van der Waals surface area contributed by atoms with Gasteiger partial charge in [0.2, 0.25) is 0 Å². The predicted molar refractivity (Wildman–Crippen MR) is 104 cm³/mol. The molecule has 0 unspecified atom stereocenters. The van der Waals surface area contributed by atoms with Crippen molar-refractivity contribution >= 4 is 34.4 Å². The second-order valence-electron chi connectivity index (χ2n) is 5.72. The van der Waals surface area contributed by atoms with Gasteiger partial charge in [-0.1, -0.05) is 48.0 Å². The van der Waals surface area contributed by atoms with E-state index in [2.05, 4.69) is 5.32 Å². The molecule has 1 aliphatic heterocycles. The van der Waals surface area contributed by atoms with Crippen LogP contribution in [0.1, 0.15) is 11.1 Å². The largest absolute Gasteiger partial charge is 0.507 e. The number of para-hydroxylation sites is 3. The molecule has 4 heteroatoms. The number of aliphatic imine (C=N–C) groups is 1. The fourth-order valence-electron chi connectivity index (χ4n) is 2.77. The summed E-state index contributed by atoms with van der Waals surface area (Å²) in [4.78, 5) is 4.80. The van der Waals surface area contributed by atoms with E-state index in [0.29, 0.717) is 5.02 Å². The second kappa shape index (κ2) is 6.46. The molecule has 122 valence electrons. The molecule has 0 saturated carbocycles. The Morgan fingerprint density at radius 2 is 1.56 bits per heavy atom. The van der Waals surface area contributed by atoms with Crippen LogP contribution >= 0.6 is 11.6 Å². The molecule has 0 aliphatic carbocycles. The van der Waals surface area contributed by atoms with E-state index in [1.807, 2.05) is 66.7 Å². The van der Waals surface area contributed by atoms with Gasteiger partial charge in [-0.15, -0.1) is 0 Å². The number of aromatic hydroxyl groups is 1. The molecule has 3 aromatic carbocycles. The molecule has 3 nitrogen and oxygen atoms in total. The van der Waals surface area contributed by atoms with Gasteiger partial charge in [0.1, 0.15) is 5.75 Å². The van der Waals surface area contributed by atoms with Crippen LogP contribution in [0.3, 0.4) is 0 Å². The van der Waals surface area contributed by atoms with Crippen LogP contribution < -0.4 is 5.32 Å². The number of benzene rings is 3. The minimum atomic E-state index is 0.219. The minimum Gasteiger partial charge on any atom is -0.507 e. The van der Waals surface area contributed by atoms with Crippen molar-refractivity contribution in [3.63, 3.8) is 0 Å². The SMILES string of the molecule is Oc1ccccc1C1=CC(c2ccc(Cl)cc2)=Nc2ccccc2N1. The monoisotopic (exact) mass is 346 g/mol. The third-order valence-corrected chi connectivity index (χ3v) is 4.28. The lowest BCUT2D eigenvalue weighted by molar-refractivity contribution is 0.473. The number of hydrogen-bond acceptors (Lipinski definition) is 3. The number of fused-ring (bicyclic) bond motifs is 1. The first-order chi connectivity index (χ1) is 12.2. The standard InChI is InChI=1S/C21H15ClN2O/c22-15-11-9-14(10-12-15)19-13-20(16-5-1-4-8-21(16)25)24-18-7-3-2-6-17(18)23-19/h1-13,24-25H. The van der Waals surface area contributed by atoms with Crippen molar-refractivity contribution in [1.82, 2.24) is 0 Å². The summed E-state index contributed by atoms with van der Waals surface area (Å²) < 4.78 is 0. The summed E-state index contributed by atoms with van der Waals surface area (Å²) in [6.07, 6.45) is 1.94. The lowest BCUT2D eigenvalue weighted by Crippen LogP contribution is -2.02. The highest BCUT2D eigenvalue weighted by Crippen LogP contribution is 2.34. The van der Waals surface area contributed by atoms with Crippen LogP contribution in [-0.2, 0) is 0 Å². The van der Waals surface area contributed by atoms with Crippen LogP contribution in [0.4, 0.5) is 11.4 Å². The van der Waals surface area contributed by atoms with Crippen molar-refractivity contribution in [3.8, 4) is 5.75 Å². The number of phenols is 1.